The molecule has 0 radical (unpaired) electrons. The van der Waals surface area contributed by atoms with Crippen molar-refractivity contribution in [3.8, 4) is 11.5 Å². The van der Waals surface area contributed by atoms with E-state index in [9.17, 15) is 0 Å². The Hall–Kier alpha value is -2.69. The van der Waals surface area contributed by atoms with Crippen molar-refractivity contribution in [3.63, 3.8) is 0 Å². The molecule has 0 amide bonds. The van der Waals surface area contributed by atoms with Gasteiger partial charge in [-0.15, -0.1) is 0 Å². The molecule has 1 aromatic heterocycles. The number of fused-ring (bicyclic) bond motifs is 1. The molecule has 5 heteroatoms. The molecule has 166 valence electrons. The van der Waals surface area contributed by atoms with Crippen molar-refractivity contribution in [2.75, 3.05) is 12.4 Å². The molecule has 1 aliphatic carbocycles. The third-order valence-electron chi connectivity index (χ3n) is 6.11. The van der Waals surface area contributed by atoms with Gasteiger partial charge in [0.05, 0.1) is 18.7 Å². The average Bonchev–Trinajstić information content (AvgIpc) is 3.05. The molecule has 1 N–H and O–H groups in total. The van der Waals surface area contributed by atoms with Crippen molar-refractivity contribution in [2.45, 2.75) is 66.0 Å². The Morgan fingerprint density at radius 1 is 1.10 bits per heavy atom. The molecule has 0 unspecified atom stereocenters. The Morgan fingerprint density at radius 2 is 1.84 bits per heavy atom. The minimum absolute atomic E-state index is 0.159. The van der Waals surface area contributed by atoms with E-state index in [2.05, 4.69) is 42.8 Å². The molecule has 1 heterocycles. The Kier molecular flexibility index (Phi) is 5.87. The predicted octanol–water partition coefficient (Wildman–Crippen LogP) is 6.96. The second-order valence-corrected chi connectivity index (χ2v) is 10.0. The monoisotopic (exact) mass is 421 g/mol. The van der Waals surface area contributed by atoms with E-state index in [0.29, 0.717) is 17.4 Å². The van der Waals surface area contributed by atoms with E-state index in [4.69, 9.17) is 14.5 Å². The molecule has 1 saturated carbocycles. The molecular formula is C26H35N3O2. The van der Waals surface area contributed by atoms with Crippen LogP contribution in [0.1, 0.15) is 59.9 Å². The summed E-state index contributed by atoms with van der Waals surface area (Å²) in [5.74, 6) is 3.23. The van der Waals surface area contributed by atoms with Crippen molar-refractivity contribution in [3.05, 3.63) is 42.5 Å². The number of imidazole rings is 1. The van der Waals surface area contributed by atoms with E-state index < -0.39 is 0 Å². The van der Waals surface area contributed by atoms with Gasteiger partial charge in [-0.25, -0.2) is 4.98 Å². The molecule has 3 aromatic rings. The van der Waals surface area contributed by atoms with E-state index in [1.165, 1.54) is 6.42 Å². The van der Waals surface area contributed by atoms with E-state index in [0.717, 1.165) is 47.0 Å². The number of nitrogens with zero attached hydrogens (tertiary/aromatic N) is 2. The topological polar surface area (TPSA) is 48.3 Å². The number of ether oxygens (including phenoxy) is 2. The molecule has 0 spiro atoms. The van der Waals surface area contributed by atoms with Crippen LogP contribution >= 0.6 is 0 Å². The minimum Gasteiger partial charge on any atom is -0.494 e. The first kappa shape index (κ1) is 21.5. The van der Waals surface area contributed by atoms with E-state index in [-0.39, 0.29) is 6.10 Å². The van der Waals surface area contributed by atoms with Crippen LogP contribution in [0.15, 0.2) is 42.5 Å². The Balaban J connectivity index is 1.74. The number of anilines is 2. The standard InChI is InChI=1S/C26H35N3O2/c1-17(2)31-21-12-10-19(11-13-21)27-25-28-24-22(8-7-9-23(24)30-6)29(25)20-14-18(3)15-26(4,5)16-20/h7-13,17-18,20H,14-16H2,1-6H3,(H,27,28)/t18-,20+/m1/s1. The Labute approximate surface area is 185 Å². The lowest BCUT2D eigenvalue weighted by Crippen LogP contribution is -2.29. The molecule has 1 aliphatic rings. The third kappa shape index (κ3) is 4.65. The smallest absolute Gasteiger partial charge is 0.208 e. The fourth-order valence-corrected chi connectivity index (χ4v) is 5.22. The molecule has 0 aliphatic heterocycles. The number of para-hydroxylation sites is 1. The molecule has 0 bridgehead atoms. The Bertz CT molecular complexity index is 1040. The van der Waals surface area contributed by atoms with Gasteiger partial charge in [0, 0.05) is 11.7 Å². The van der Waals surface area contributed by atoms with Crippen LogP contribution in [0.25, 0.3) is 11.0 Å². The zero-order chi connectivity index (χ0) is 22.2. The molecule has 1 fully saturated rings. The second-order valence-electron chi connectivity index (χ2n) is 10.0. The van der Waals surface area contributed by atoms with Crippen molar-refractivity contribution in [1.82, 2.24) is 9.55 Å². The number of benzene rings is 2. The van der Waals surface area contributed by atoms with Crippen LogP contribution in [0.5, 0.6) is 11.5 Å². The van der Waals surface area contributed by atoms with Gasteiger partial charge in [0.2, 0.25) is 5.95 Å². The first-order valence-corrected chi connectivity index (χ1v) is 11.3. The summed E-state index contributed by atoms with van der Waals surface area (Å²) >= 11 is 0. The van der Waals surface area contributed by atoms with Crippen LogP contribution in [-0.2, 0) is 0 Å². The summed E-state index contributed by atoms with van der Waals surface area (Å²) in [4.78, 5) is 4.99. The molecule has 5 nitrogen and oxygen atoms in total. The number of rotatable bonds is 6. The van der Waals surface area contributed by atoms with Crippen LogP contribution in [0, 0.1) is 11.3 Å². The van der Waals surface area contributed by atoms with E-state index >= 15 is 0 Å². The lowest BCUT2D eigenvalue weighted by atomic mass is 9.70. The van der Waals surface area contributed by atoms with Crippen LogP contribution in [-0.4, -0.2) is 22.8 Å². The summed E-state index contributed by atoms with van der Waals surface area (Å²) in [6.07, 6.45) is 3.71. The van der Waals surface area contributed by atoms with Gasteiger partial charge in [0.25, 0.3) is 0 Å². The molecule has 2 aromatic carbocycles. The molecule has 4 rings (SSSR count). The van der Waals surface area contributed by atoms with Gasteiger partial charge >= 0.3 is 0 Å². The zero-order valence-electron chi connectivity index (χ0n) is 19.6. The molecule has 2 atom stereocenters. The summed E-state index contributed by atoms with van der Waals surface area (Å²) in [5.41, 5.74) is 3.33. The van der Waals surface area contributed by atoms with Crippen LogP contribution in [0.3, 0.4) is 0 Å². The van der Waals surface area contributed by atoms with Crippen molar-refractivity contribution >= 4 is 22.7 Å². The maximum absolute atomic E-state index is 5.79. The molecule has 0 saturated heterocycles. The fraction of sp³-hybridized carbons (Fsp3) is 0.500. The molecule has 31 heavy (non-hydrogen) atoms. The largest absolute Gasteiger partial charge is 0.494 e. The van der Waals surface area contributed by atoms with Gasteiger partial charge in [0.15, 0.2) is 0 Å². The summed E-state index contributed by atoms with van der Waals surface area (Å²) in [6, 6.07) is 14.7. The highest BCUT2D eigenvalue weighted by molar-refractivity contribution is 5.85. The first-order chi connectivity index (χ1) is 14.8. The lowest BCUT2D eigenvalue weighted by molar-refractivity contribution is 0.140. The van der Waals surface area contributed by atoms with Gasteiger partial charge in [-0.2, -0.15) is 0 Å². The van der Waals surface area contributed by atoms with Gasteiger partial charge in [-0.1, -0.05) is 26.8 Å². The summed E-state index contributed by atoms with van der Waals surface area (Å²) in [6.45, 7) is 11.2. The highest BCUT2D eigenvalue weighted by atomic mass is 16.5. The normalized spacial score (nSPS) is 20.7. The number of hydrogen-bond acceptors (Lipinski definition) is 4. The maximum Gasteiger partial charge on any atom is 0.208 e. The number of aromatic nitrogens is 2. The lowest BCUT2D eigenvalue weighted by Gasteiger charge is -2.40. The summed E-state index contributed by atoms with van der Waals surface area (Å²) < 4.78 is 13.8. The number of nitrogens with one attached hydrogen (secondary N) is 1. The van der Waals surface area contributed by atoms with Crippen molar-refractivity contribution < 1.29 is 9.47 Å². The van der Waals surface area contributed by atoms with Gasteiger partial charge in [-0.05, 0) is 80.8 Å². The first-order valence-electron chi connectivity index (χ1n) is 11.3. The maximum atomic E-state index is 5.79. The van der Waals surface area contributed by atoms with E-state index in [1.807, 2.05) is 44.2 Å². The zero-order valence-corrected chi connectivity index (χ0v) is 19.6. The average molecular weight is 422 g/mol. The minimum atomic E-state index is 0.159. The van der Waals surface area contributed by atoms with Crippen LogP contribution in [0.4, 0.5) is 11.6 Å². The predicted molar refractivity (Wildman–Crippen MR) is 128 cm³/mol. The Morgan fingerprint density at radius 3 is 2.48 bits per heavy atom. The van der Waals surface area contributed by atoms with Gasteiger partial charge in [-0.3, -0.25) is 0 Å². The number of methoxy groups -OCH3 is 1. The van der Waals surface area contributed by atoms with Gasteiger partial charge < -0.3 is 19.4 Å². The number of hydrogen-bond donors (Lipinski definition) is 1. The second kappa shape index (κ2) is 8.45. The van der Waals surface area contributed by atoms with Crippen LogP contribution < -0.4 is 14.8 Å². The highest BCUT2D eigenvalue weighted by Crippen LogP contribution is 2.46. The highest BCUT2D eigenvalue weighted by Gasteiger charge is 2.35. The van der Waals surface area contributed by atoms with Crippen molar-refractivity contribution in [2.24, 2.45) is 11.3 Å². The van der Waals surface area contributed by atoms with E-state index in [1.54, 1.807) is 7.11 Å². The van der Waals surface area contributed by atoms with Gasteiger partial charge in [0.1, 0.15) is 17.0 Å². The quantitative estimate of drug-likeness (QED) is 0.467. The third-order valence-corrected chi connectivity index (χ3v) is 6.11. The SMILES string of the molecule is COc1cccc2c1nc(Nc1ccc(OC(C)C)cc1)n2[C@H]1C[C@@H](C)CC(C)(C)C1. The molecular weight excluding hydrogens is 386 g/mol. The fourth-order valence-electron chi connectivity index (χ4n) is 5.22. The summed E-state index contributed by atoms with van der Waals surface area (Å²) in [7, 11) is 1.71. The van der Waals surface area contributed by atoms with Crippen LogP contribution in [0.2, 0.25) is 0 Å². The summed E-state index contributed by atoms with van der Waals surface area (Å²) in [5, 5.41) is 3.57. The van der Waals surface area contributed by atoms with Crippen molar-refractivity contribution in [1.29, 1.82) is 0 Å².